The van der Waals surface area contributed by atoms with Crippen LogP contribution in [-0.2, 0) is 11.2 Å². The van der Waals surface area contributed by atoms with Gasteiger partial charge in [-0.2, -0.15) is 0 Å². The average molecular weight is 390 g/mol. The Kier molecular flexibility index (Phi) is 5.62. The second-order valence-corrected chi connectivity index (χ2v) is 7.57. The number of H-pyrrole nitrogens is 1. The van der Waals surface area contributed by atoms with Crippen molar-refractivity contribution in [2.45, 2.75) is 37.8 Å². The minimum Gasteiger partial charge on any atom is -0.508 e. The van der Waals surface area contributed by atoms with E-state index in [2.05, 4.69) is 9.97 Å². The molecule has 4 rings (SSSR count). The fraction of sp³-hybridized carbons (Fsp3) is 0.304. The van der Waals surface area contributed by atoms with Crippen LogP contribution in [0.15, 0.2) is 60.8 Å². The number of phenolic OH excluding ortho intramolecular Hbond substituents is 1. The topological polar surface area (TPSA) is 95.2 Å². The SMILES string of the molecule is N[C@@H](Cc1ccc(O)cc1)C(=O)N1CCCCC1c1ncc(-c2ccccc2)[nH]1. The van der Waals surface area contributed by atoms with E-state index < -0.39 is 6.04 Å². The first-order valence-corrected chi connectivity index (χ1v) is 10.1. The number of carbonyl (C=O) groups excluding carboxylic acids is 1. The second kappa shape index (κ2) is 8.49. The van der Waals surface area contributed by atoms with Crippen molar-refractivity contribution >= 4 is 5.91 Å². The summed E-state index contributed by atoms with van der Waals surface area (Å²) in [5.41, 5.74) is 9.23. The molecule has 2 heterocycles. The highest BCUT2D eigenvalue weighted by Crippen LogP contribution is 2.31. The number of benzene rings is 2. The number of amides is 1. The Morgan fingerprint density at radius 3 is 2.69 bits per heavy atom. The molecule has 2 atom stereocenters. The number of aromatic hydroxyl groups is 1. The van der Waals surface area contributed by atoms with Crippen molar-refractivity contribution in [2.24, 2.45) is 5.73 Å². The highest BCUT2D eigenvalue weighted by molar-refractivity contribution is 5.82. The van der Waals surface area contributed by atoms with Gasteiger partial charge in [0.15, 0.2) is 0 Å². The van der Waals surface area contributed by atoms with Gasteiger partial charge in [0.25, 0.3) is 0 Å². The maximum absolute atomic E-state index is 13.1. The van der Waals surface area contributed by atoms with Crippen LogP contribution in [0.3, 0.4) is 0 Å². The summed E-state index contributed by atoms with van der Waals surface area (Å²) in [5.74, 6) is 0.964. The molecular formula is C23H26N4O2. The van der Waals surface area contributed by atoms with Gasteiger partial charge in [-0.15, -0.1) is 0 Å². The number of nitrogens with zero attached hydrogens (tertiary/aromatic N) is 2. The third-order valence-corrected chi connectivity index (χ3v) is 5.49. The third kappa shape index (κ3) is 4.32. The number of phenols is 1. The molecule has 0 radical (unpaired) electrons. The van der Waals surface area contributed by atoms with E-state index in [9.17, 15) is 9.90 Å². The summed E-state index contributed by atoms with van der Waals surface area (Å²) in [6.07, 6.45) is 5.18. The van der Waals surface area contributed by atoms with Crippen LogP contribution in [0.5, 0.6) is 5.75 Å². The Balaban J connectivity index is 1.50. The molecule has 1 amide bonds. The molecular weight excluding hydrogens is 364 g/mol. The maximum atomic E-state index is 13.1. The molecule has 0 bridgehead atoms. The zero-order valence-electron chi connectivity index (χ0n) is 16.3. The highest BCUT2D eigenvalue weighted by atomic mass is 16.3. The fourth-order valence-electron chi connectivity index (χ4n) is 3.94. The van der Waals surface area contributed by atoms with Crippen molar-refractivity contribution in [1.29, 1.82) is 0 Å². The summed E-state index contributed by atoms with van der Waals surface area (Å²) < 4.78 is 0. The van der Waals surface area contributed by atoms with E-state index in [1.54, 1.807) is 24.3 Å². The van der Waals surface area contributed by atoms with Crippen LogP contribution in [0.2, 0.25) is 0 Å². The summed E-state index contributed by atoms with van der Waals surface area (Å²) in [4.78, 5) is 23.0. The number of rotatable bonds is 5. The number of carbonyl (C=O) groups is 1. The highest BCUT2D eigenvalue weighted by Gasteiger charge is 2.32. The van der Waals surface area contributed by atoms with Gasteiger partial charge in [-0.25, -0.2) is 4.98 Å². The van der Waals surface area contributed by atoms with Gasteiger partial charge in [0.2, 0.25) is 5.91 Å². The molecule has 150 valence electrons. The molecule has 2 aromatic carbocycles. The summed E-state index contributed by atoms with van der Waals surface area (Å²) in [6, 6.07) is 16.2. The average Bonchev–Trinajstić information content (AvgIpc) is 3.25. The number of imidazole rings is 1. The molecule has 6 heteroatoms. The molecule has 0 aliphatic carbocycles. The van der Waals surface area contributed by atoms with Crippen molar-refractivity contribution in [2.75, 3.05) is 6.54 Å². The quantitative estimate of drug-likeness (QED) is 0.622. The van der Waals surface area contributed by atoms with Crippen molar-refractivity contribution < 1.29 is 9.90 Å². The van der Waals surface area contributed by atoms with E-state index in [0.717, 1.165) is 41.9 Å². The van der Waals surface area contributed by atoms with Crippen LogP contribution >= 0.6 is 0 Å². The van der Waals surface area contributed by atoms with Gasteiger partial charge in [0, 0.05) is 6.54 Å². The molecule has 4 N–H and O–H groups in total. The Labute approximate surface area is 170 Å². The molecule has 1 aromatic heterocycles. The smallest absolute Gasteiger partial charge is 0.240 e. The lowest BCUT2D eigenvalue weighted by Gasteiger charge is -2.36. The number of aromatic amines is 1. The molecule has 1 aliphatic rings. The maximum Gasteiger partial charge on any atom is 0.240 e. The summed E-state index contributed by atoms with van der Waals surface area (Å²) in [6.45, 7) is 0.689. The summed E-state index contributed by atoms with van der Waals surface area (Å²) >= 11 is 0. The zero-order chi connectivity index (χ0) is 20.2. The van der Waals surface area contributed by atoms with Crippen LogP contribution in [0, 0.1) is 0 Å². The van der Waals surface area contributed by atoms with Crippen LogP contribution in [0.1, 0.15) is 36.7 Å². The predicted molar refractivity (Wildman–Crippen MR) is 112 cm³/mol. The van der Waals surface area contributed by atoms with E-state index in [1.165, 1.54) is 0 Å². The van der Waals surface area contributed by atoms with Crippen molar-refractivity contribution in [3.63, 3.8) is 0 Å². The van der Waals surface area contributed by atoms with E-state index in [-0.39, 0.29) is 17.7 Å². The first-order valence-electron chi connectivity index (χ1n) is 10.1. The van der Waals surface area contributed by atoms with Crippen LogP contribution in [-0.4, -0.2) is 38.5 Å². The van der Waals surface area contributed by atoms with Crippen LogP contribution < -0.4 is 5.73 Å². The van der Waals surface area contributed by atoms with Gasteiger partial charge < -0.3 is 20.7 Å². The molecule has 29 heavy (non-hydrogen) atoms. The molecule has 0 spiro atoms. The minimum absolute atomic E-state index is 0.0552. The Morgan fingerprint density at radius 1 is 1.17 bits per heavy atom. The second-order valence-electron chi connectivity index (χ2n) is 7.57. The first kappa shape index (κ1) is 19.2. The Bertz CT molecular complexity index is 953. The fourth-order valence-corrected chi connectivity index (χ4v) is 3.94. The van der Waals surface area contributed by atoms with Crippen molar-refractivity contribution in [3.8, 4) is 17.0 Å². The minimum atomic E-state index is -0.622. The number of nitrogens with two attached hydrogens (primary N) is 1. The number of likely N-dealkylation sites (tertiary alicyclic amines) is 1. The van der Waals surface area contributed by atoms with E-state index in [4.69, 9.17) is 5.73 Å². The van der Waals surface area contributed by atoms with Gasteiger partial charge in [0.1, 0.15) is 11.6 Å². The van der Waals surface area contributed by atoms with Gasteiger partial charge in [0.05, 0.1) is 24.0 Å². The standard InChI is InChI=1S/C23H26N4O2/c24-19(14-16-9-11-18(28)12-10-16)23(29)27-13-5-4-8-21(27)22-25-15-20(26-22)17-6-2-1-3-7-17/h1-3,6-7,9-12,15,19,21,28H,4-5,8,13-14,24H2,(H,25,26)/t19-,21?/m0/s1. The lowest BCUT2D eigenvalue weighted by atomic mass is 9.98. The molecule has 1 unspecified atom stereocenters. The number of nitrogens with one attached hydrogen (secondary N) is 1. The van der Waals surface area contributed by atoms with E-state index in [0.29, 0.717) is 13.0 Å². The van der Waals surface area contributed by atoms with Crippen LogP contribution in [0.25, 0.3) is 11.3 Å². The van der Waals surface area contributed by atoms with Gasteiger partial charge in [-0.05, 0) is 48.9 Å². The molecule has 0 saturated carbocycles. The van der Waals surface area contributed by atoms with Gasteiger partial charge in [-0.3, -0.25) is 4.79 Å². The van der Waals surface area contributed by atoms with E-state index >= 15 is 0 Å². The van der Waals surface area contributed by atoms with Gasteiger partial charge in [-0.1, -0.05) is 42.5 Å². The molecule has 1 fully saturated rings. The van der Waals surface area contributed by atoms with Crippen LogP contribution in [0.4, 0.5) is 0 Å². The largest absolute Gasteiger partial charge is 0.508 e. The predicted octanol–water partition coefficient (Wildman–Crippen LogP) is 3.41. The number of piperidine rings is 1. The Hall–Kier alpha value is -3.12. The molecule has 3 aromatic rings. The first-order chi connectivity index (χ1) is 14.1. The lowest BCUT2D eigenvalue weighted by molar-refractivity contribution is -0.136. The van der Waals surface area contributed by atoms with E-state index in [1.807, 2.05) is 41.4 Å². The molecule has 6 nitrogen and oxygen atoms in total. The van der Waals surface area contributed by atoms with Crippen molar-refractivity contribution in [1.82, 2.24) is 14.9 Å². The number of aromatic nitrogens is 2. The van der Waals surface area contributed by atoms with Gasteiger partial charge >= 0.3 is 0 Å². The van der Waals surface area contributed by atoms with Crippen molar-refractivity contribution in [3.05, 3.63) is 72.2 Å². The number of hydrogen-bond acceptors (Lipinski definition) is 4. The third-order valence-electron chi connectivity index (χ3n) is 5.49. The monoisotopic (exact) mass is 390 g/mol. The Morgan fingerprint density at radius 2 is 1.93 bits per heavy atom. The normalized spacial score (nSPS) is 17.8. The summed E-state index contributed by atoms with van der Waals surface area (Å²) in [7, 11) is 0. The number of hydrogen-bond donors (Lipinski definition) is 3. The zero-order valence-corrected chi connectivity index (χ0v) is 16.3. The molecule has 1 aliphatic heterocycles. The summed E-state index contributed by atoms with van der Waals surface area (Å²) in [5, 5.41) is 9.43. The lowest BCUT2D eigenvalue weighted by Crippen LogP contribution is -2.48. The molecule has 1 saturated heterocycles.